The third kappa shape index (κ3) is 6.70. The Morgan fingerprint density at radius 1 is 1.03 bits per heavy atom. The van der Waals surface area contributed by atoms with E-state index < -0.39 is 0 Å². The monoisotopic (exact) mass is 480 g/mol. The maximum atomic E-state index is 12.8. The van der Waals surface area contributed by atoms with Gasteiger partial charge in [0, 0.05) is 18.7 Å². The van der Waals surface area contributed by atoms with Gasteiger partial charge in [0.2, 0.25) is 5.91 Å². The van der Waals surface area contributed by atoms with Crippen molar-refractivity contribution in [1.29, 1.82) is 5.26 Å². The molecule has 1 aliphatic heterocycles. The Morgan fingerprint density at radius 3 is 2.50 bits per heavy atom. The van der Waals surface area contributed by atoms with Crippen LogP contribution in [-0.4, -0.2) is 28.8 Å². The minimum Gasteiger partial charge on any atom is -0.369 e. The van der Waals surface area contributed by atoms with Gasteiger partial charge in [-0.2, -0.15) is 5.26 Å². The Hall–Kier alpha value is -4.64. The second kappa shape index (κ2) is 11.7. The lowest BCUT2D eigenvalue weighted by atomic mass is 10.0. The van der Waals surface area contributed by atoms with Crippen molar-refractivity contribution < 1.29 is 9.59 Å². The van der Waals surface area contributed by atoms with E-state index in [0.29, 0.717) is 30.8 Å². The summed E-state index contributed by atoms with van der Waals surface area (Å²) in [5.41, 5.74) is 10.2. The van der Waals surface area contributed by atoms with Crippen LogP contribution < -0.4 is 16.4 Å². The third-order valence-corrected chi connectivity index (χ3v) is 5.98. The molecule has 0 radical (unpaired) electrons. The van der Waals surface area contributed by atoms with Crippen molar-refractivity contribution in [2.75, 3.05) is 5.32 Å². The lowest BCUT2D eigenvalue weighted by Crippen LogP contribution is -2.46. The molecular formula is C28H28N6O2. The van der Waals surface area contributed by atoms with Crippen LogP contribution in [0.15, 0.2) is 83.9 Å². The van der Waals surface area contributed by atoms with Crippen molar-refractivity contribution in [3.63, 3.8) is 0 Å². The Bertz CT molecular complexity index is 1280. The summed E-state index contributed by atoms with van der Waals surface area (Å²) in [6.07, 6.45) is 1.99. The van der Waals surface area contributed by atoms with Gasteiger partial charge in [-0.25, -0.2) is 9.79 Å². The zero-order valence-electron chi connectivity index (χ0n) is 19.9. The largest absolute Gasteiger partial charge is 0.369 e. The summed E-state index contributed by atoms with van der Waals surface area (Å²) < 4.78 is 0. The highest BCUT2D eigenvalue weighted by atomic mass is 16.2. The SMILES string of the molecule is N#Cc1cccc(NC(=O)NCc2ccc(CN3C(=O)C[C@H](CCc4ccccc4)N=C3N)cc2)c1. The predicted octanol–water partition coefficient (Wildman–Crippen LogP) is 3.93. The van der Waals surface area contributed by atoms with Crippen LogP contribution in [0.1, 0.15) is 35.1 Å². The third-order valence-electron chi connectivity index (χ3n) is 5.98. The maximum absolute atomic E-state index is 12.8. The van der Waals surface area contributed by atoms with E-state index >= 15 is 0 Å². The minimum absolute atomic E-state index is 0.0246. The van der Waals surface area contributed by atoms with Crippen LogP contribution in [0.5, 0.6) is 0 Å². The van der Waals surface area contributed by atoms with Gasteiger partial charge in [0.25, 0.3) is 0 Å². The molecule has 0 saturated heterocycles. The van der Waals surface area contributed by atoms with Crippen molar-refractivity contribution in [3.8, 4) is 6.07 Å². The van der Waals surface area contributed by atoms with Gasteiger partial charge in [0.05, 0.1) is 24.2 Å². The molecule has 36 heavy (non-hydrogen) atoms. The van der Waals surface area contributed by atoms with Crippen molar-refractivity contribution in [2.45, 2.75) is 38.4 Å². The number of guanidine groups is 1. The number of benzene rings is 3. The first kappa shape index (κ1) is 24.5. The van der Waals surface area contributed by atoms with Crippen molar-refractivity contribution in [2.24, 2.45) is 10.7 Å². The van der Waals surface area contributed by atoms with Crippen LogP contribution >= 0.6 is 0 Å². The molecule has 3 amide bonds. The fourth-order valence-electron chi connectivity index (χ4n) is 4.02. The predicted molar refractivity (Wildman–Crippen MR) is 139 cm³/mol. The van der Waals surface area contributed by atoms with Gasteiger partial charge in [-0.1, -0.05) is 60.7 Å². The van der Waals surface area contributed by atoms with Gasteiger partial charge in [-0.15, -0.1) is 0 Å². The minimum atomic E-state index is -0.362. The number of urea groups is 1. The molecule has 1 aliphatic rings. The lowest BCUT2D eigenvalue weighted by molar-refractivity contribution is -0.128. The number of rotatable bonds is 8. The average molecular weight is 481 g/mol. The van der Waals surface area contributed by atoms with Crippen LogP contribution in [-0.2, 0) is 24.3 Å². The van der Waals surface area contributed by atoms with Crippen LogP contribution in [0.2, 0.25) is 0 Å². The molecule has 8 heteroatoms. The Balaban J connectivity index is 1.27. The molecule has 8 nitrogen and oxygen atoms in total. The summed E-state index contributed by atoms with van der Waals surface area (Å²) in [5, 5.41) is 14.5. The number of hydrogen-bond acceptors (Lipinski definition) is 5. The number of anilines is 1. The quantitative estimate of drug-likeness (QED) is 0.452. The molecule has 1 atom stereocenters. The Labute approximate surface area is 210 Å². The van der Waals surface area contributed by atoms with Crippen LogP contribution in [0.3, 0.4) is 0 Å². The second-order valence-electron chi connectivity index (χ2n) is 8.67. The molecule has 0 bridgehead atoms. The number of carbonyl (C=O) groups excluding carboxylic acids is 2. The number of amides is 3. The molecule has 0 spiro atoms. The van der Waals surface area contributed by atoms with Gasteiger partial charge in [-0.05, 0) is 47.7 Å². The molecule has 0 aromatic heterocycles. The molecule has 0 aliphatic carbocycles. The first-order chi connectivity index (χ1) is 17.5. The highest BCUT2D eigenvalue weighted by Gasteiger charge is 2.27. The molecule has 0 saturated carbocycles. The second-order valence-corrected chi connectivity index (χ2v) is 8.67. The van der Waals surface area contributed by atoms with E-state index in [1.165, 1.54) is 10.5 Å². The zero-order valence-corrected chi connectivity index (χ0v) is 19.9. The number of aryl methyl sites for hydroxylation is 1. The summed E-state index contributed by atoms with van der Waals surface area (Å²) in [5.74, 6) is 0.232. The summed E-state index contributed by atoms with van der Waals surface area (Å²) in [7, 11) is 0. The lowest BCUT2D eigenvalue weighted by Gasteiger charge is -2.29. The van der Waals surface area contributed by atoms with Crippen molar-refractivity contribution in [3.05, 3.63) is 101 Å². The molecule has 3 aromatic carbocycles. The molecule has 0 unspecified atom stereocenters. The Morgan fingerprint density at radius 2 is 1.78 bits per heavy atom. The number of nitrogens with one attached hydrogen (secondary N) is 2. The van der Waals surface area contributed by atoms with E-state index in [2.05, 4.69) is 27.8 Å². The number of carbonyl (C=O) groups is 2. The normalized spacial score (nSPS) is 15.1. The molecule has 3 aromatic rings. The highest BCUT2D eigenvalue weighted by Crippen LogP contribution is 2.18. The van der Waals surface area contributed by atoms with E-state index in [9.17, 15) is 9.59 Å². The van der Waals surface area contributed by atoms with E-state index in [1.807, 2.05) is 48.5 Å². The summed E-state index contributed by atoms with van der Waals surface area (Å²) in [4.78, 5) is 31.0. The summed E-state index contributed by atoms with van der Waals surface area (Å²) >= 11 is 0. The number of nitriles is 1. The number of hydrogen-bond donors (Lipinski definition) is 3. The zero-order chi connectivity index (χ0) is 25.3. The molecular weight excluding hydrogens is 452 g/mol. The van der Waals surface area contributed by atoms with Gasteiger partial charge in [-0.3, -0.25) is 9.69 Å². The molecule has 1 heterocycles. The fraction of sp³-hybridized carbons (Fsp3) is 0.214. The van der Waals surface area contributed by atoms with Gasteiger partial charge in [0.1, 0.15) is 0 Å². The topological polar surface area (TPSA) is 124 Å². The van der Waals surface area contributed by atoms with Crippen LogP contribution in [0, 0.1) is 11.3 Å². The molecule has 182 valence electrons. The summed E-state index contributed by atoms with van der Waals surface area (Å²) in [6.45, 7) is 0.683. The number of nitrogens with two attached hydrogens (primary N) is 1. The number of nitrogens with zero attached hydrogens (tertiary/aromatic N) is 3. The van der Waals surface area contributed by atoms with Gasteiger partial charge in [0.15, 0.2) is 5.96 Å². The molecule has 4 rings (SSSR count). The average Bonchev–Trinajstić information content (AvgIpc) is 2.90. The van der Waals surface area contributed by atoms with E-state index in [-0.39, 0.29) is 23.9 Å². The highest BCUT2D eigenvalue weighted by molar-refractivity contribution is 5.98. The molecule has 4 N–H and O–H groups in total. The Kier molecular flexibility index (Phi) is 7.94. The van der Waals surface area contributed by atoms with Crippen molar-refractivity contribution in [1.82, 2.24) is 10.2 Å². The first-order valence-corrected chi connectivity index (χ1v) is 11.8. The smallest absolute Gasteiger partial charge is 0.319 e. The van der Waals surface area contributed by atoms with Crippen LogP contribution in [0.25, 0.3) is 0 Å². The van der Waals surface area contributed by atoms with Gasteiger partial charge >= 0.3 is 6.03 Å². The number of aliphatic imine (C=N–C) groups is 1. The van der Waals surface area contributed by atoms with E-state index in [0.717, 1.165) is 24.0 Å². The maximum Gasteiger partial charge on any atom is 0.319 e. The van der Waals surface area contributed by atoms with Crippen molar-refractivity contribution >= 4 is 23.6 Å². The van der Waals surface area contributed by atoms with E-state index in [1.54, 1.807) is 24.3 Å². The molecule has 0 fully saturated rings. The first-order valence-electron chi connectivity index (χ1n) is 11.8. The summed E-state index contributed by atoms with van der Waals surface area (Å²) in [6, 6.07) is 26.1. The fourth-order valence-corrected chi connectivity index (χ4v) is 4.02. The standard InChI is InChI=1S/C28H28N6O2/c29-17-23-7-4-8-24(15-23)33-28(36)31-18-21-9-11-22(12-10-21)19-34-26(35)16-25(32-27(34)30)14-13-20-5-2-1-3-6-20/h1-12,15,25H,13-14,16,18-19H2,(H2,30,32)(H2,31,33,36)/t25-/m0/s1. The van der Waals surface area contributed by atoms with E-state index in [4.69, 9.17) is 11.0 Å². The van der Waals surface area contributed by atoms with Crippen LogP contribution in [0.4, 0.5) is 10.5 Å². The van der Waals surface area contributed by atoms with Gasteiger partial charge < -0.3 is 16.4 Å².